The van der Waals surface area contributed by atoms with Crippen molar-refractivity contribution in [1.29, 1.82) is 0 Å². The van der Waals surface area contributed by atoms with Crippen LogP contribution in [-0.4, -0.2) is 7.25 Å². The molecule has 3 aromatic carbocycles. The van der Waals surface area contributed by atoms with Gasteiger partial charge in [-0.25, -0.2) is 0 Å². The number of para-hydroxylation sites is 2. The average molecular weight is 465 g/mol. The Kier molecular flexibility index (Phi) is 6.77. The van der Waals surface area contributed by atoms with Crippen LogP contribution in [-0.2, 0) is 0 Å². The number of benzene rings is 3. The highest BCUT2D eigenvalue weighted by Gasteiger charge is 2.35. The molecule has 8 heteroatoms. The molecule has 3 aromatic rings. The molecule has 0 saturated heterocycles. The molecule has 0 fully saturated rings. The van der Waals surface area contributed by atoms with Crippen LogP contribution in [0.3, 0.4) is 0 Å². The molecule has 0 amide bonds. The molecule has 29 heavy (non-hydrogen) atoms. The first-order valence-electron chi connectivity index (χ1n) is 8.89. The van der Waals surface area contributed by atoms with E-state index in [0.717, 1.165) is 4.47 Å². The molecule has 1 aliphatic rings. The molecule has 0 aromatic heterocycles. The lowest BCUT2D eigenvalue weighted by Crippen LogP contribution is -3.02. The van der Waals surface area contributed by atoms with Gasteiger partial charge in [0.15, 0.2) is 0 Å². The van der Waals surface area contributed by atoms with Crippen LogP contribution in [0.25, 0.3) is 0 Å². The van der Waals surface area contributed by atoms with Crippen LogP contribution in [0.2, 0.25) is 0 Å². The normalized spacial score (nSPS) is 18.3. The smallest absolute Gasteiger partial charge is 0.418 e. The third kappa shape index (κ3) is 5.95. The second-order valence-electron chi connectivity index (χ2n) is 6.33. The summed E-state index contributed by atoms with van der Waals surface area (Å²) >= 11 is 3.54. The van der Waals surface area contributed by atoms with Crippen LogP contribution in [0.15, 0.2) is 102 Å². The molecule has 0 radical (unpaired) electrons. The molecule has 0 bridgehead atoms. The molecular formula is C21H18BBrF4N2. The minimum absolute atomic E-state index is 0.183. The minimum Gasteiger partial charge on any atom is -0.418 e. The fourth-order valence-electron chi connectivity index (χ4n) is 3.19. The topological polar surface area (TPSA) is 7.68 Å². The summed E-state index contributed by atoms with van der Waals surface area (Å²) in [4.78, 5) is 3.66. The highest BCUT2D eigenvalue weighted by atomic mass is 79.9. The zero-order valence-corrected chi connectivity index (χ0v) is 16.8. The van der Waals surface area contributed by atoms with E-state index in [-0.39, 0.29) is 6.17 Å². The van der Waals surface area contributed by atoms with Crippen molar-refractivity contribution in [1.82, 2.24) is 0 Å². The van der Waals surface area contributed by atoms with Crippen LogP contribution < -0.4 is 9.80 Å². The van der Waals surface area contributed by atoms with Crippen LogP contribution >= 0.6 is 15.9 Å². The Labute approximate surface area is 175 Å². The Morgan fingerprint density at radius 2 is 1.28 bits per heavy atom. The van der Waals surface area contributed by atoms with Gasteiger partial charge in [-0.1, -0.05) is 52.3 Å². The van der Waals surface area contributed by atoms with E-state index in [1.54, 1.807) is 0 Å². The van der Waals surface area contributed by atoms with E-state index >= 15 is 0 Å². The number of nitrogens with zero attached hydrogens (tertiary/aromatic N) is 1. The standard InChI is InChI=1S/C21H17BrN2.BF4/c22-18-13-11-17(12-14-18)21-23(19-7-3-1-4-8-19)15-16-24(21)20-9-5-2-6-10-20;2-1(3,4)5/h1-16,21H;/q;-1/p+1. The number of hydrogen-bond acceptors (Lipinski definition) is 1. The highest BCUT2D eigenvalue weighted by molar-refractivity contribution is 9.10. The van der Waals surface area contributed by atoms with Gasteiger partial charge in [-0.2, -0.15) is 0 Å². The van der Waals surface area contributed by atoms with Gasteiger partial charge in [0.2, 0.25) is 6.17 Å². The highest BCUT2D eigenvalue weighted by Crippen LogP contribution is 2.28. The van der Waals surface area contributed by atoms with Crippen molar-refractivity contribution in [3.63, 3.8) is 0 Å². The summed E-state index contributed by atoms with van der Waals surface area (Å²) in [6.45, 7) is 0. The van der Waals surface area contributed by atoms with Crippen molar-refractivity contribution in [3.05, 3.63) is 107 Å². The van der Waals surface area contributed by atoms with Crippen molar-refractivity contribution >= 4 is 34.6 Å². The Bertz CT molecular complexity index is 879. The Morgan fingerprint density at radius 1 is 0.759 bits per heavy atom. The molecule has 0 spiro atoms. The first kappa shape index (κ1) is 21.1. The van der Waals surface area contributed by atoms with E-state index < -0.39 is 7.25 Å². The van der Waals surface area contributed by atoms with E-state index in [1.807, 2.05) is 0 Å². The lowest BCUT2D eigenvalue weighted by molar-refractivity contribution is -0.804. The van der Waals surface area contributed by atoms with E-state index in [2.05, 4.69) is 118 Å². The number of hydrogen-bond donors (Lipinski definition) is 1. The number of halogens is 5. The predicted octanol–water partition coefficient (Wildman–Crippen LogP) is 5.96. The van der Waals surface area contributed by atoms with E-state index in [1.165, 1.54) is 21.8 Å². The van der Waals surface area contributed by atoms with Gasteiger partial charge in [0.1, 0.15) is 11.9 Å². The molecule has 1 N–H and O–H groups in total. The first-order chi connectivity index (χ1) is 13.8. The monoisotopic (exact) mass is 464 g/mol. The number of nitrogens with one attached hydrogen (secondary N) is 1. The number of quaternary nitrogens is 1. The Hall–Kier alpha value is -2.58. The molecule has 2 unspecified atom stereocenters. The summed E-state index contributed by atoms with van der Waals surface area (Å²) in [5.41, 5.74) is 3.75. The van der Waals surface area contributed by atoms with Gasteiger partial charge < -0.3 is 17.3 Å². The fraction of sp³-hybridized carbons (Fsp3) is 0.0476. The van der Waals surface area contributed by atoms with Gasteiger partial charge >= 0.3 is 7.25 Å². The van der Waals surface area contributed by atoms with Crippen molar-refractivity contribution in [2.45, 2.75) is 6.17 Å². The lowest BCUT2D eigenvalue weighted by Gasteiger charge is -2.28. The summed E-state index contributed by atoms with van der Waals surface area (Å²) < 4.78 is 40.1. The number of anilines is 1. The van der Waals surface area contributed by atoms with E-state index in [4.69, 9.17) is 0 Å². The molecular weight excluding hydrogens is 447 g/mol. The third-order valence-corrected chi connectivity index (χ3v) is 4.86. The van der Waals surface area contributed by atoms with Gasteiger partial charge in [-0.05, 0) is 48.5 Å². The van der Waals surface area contributed by atoms with Crippen molar-refractivity contribution in [2.24, 2.45) is 0 Å². The SMILES string of the molecule is Brc1ccc(C2N(c3ccccc3)C=C[NH+]2c2ccccc2)cc1.F[B-](F)(F)F. The Morgan fingerprint density at radius 3 is 1.83 bits per heavy atom. The molecule has 0 saturated carbocycles. The van der Waals surface area contributed by atoms with Crippen LogP contribution in [0.5, 0.6) is 0 Å². The maximum atomic E-state index is 9.75. The third-order valence-electron chi connectivity index (χ3n) is 4.33. The fourth-order valence-corrected chi connectivity index (χ4v) is 3.46. The van der Waals surface area contributed by atoms with Crippen LogP contribution in [0.4, 0.5) is 28.6 Å². The molecule has 0 aliphatic carbocycles. The van der Waals surface area contributed by atoms with Crippen LogP contribution in [0, 0.1) is 0 Å². The minimum atomic E-state index is -6.00. The lowest BCUT2D eigenvalue weighted by atomic mass is 10.1. The molecule has 1 heterocycles. The van der Waals surface area contributed by atoms with Crippen molar-refractivity contribution in [2.75, 3.05) is 4.90 Å². The maximum absolute atomic E-state index is 9.75. The summed E-state index contributed by atoms with van der Waals surface area (Å²) in [7, 11) is -6.00. The molecule has 4 rings (SSSR count). The molecule has 150 valence electrons. The average Bonchev–Trinajstić information content (AvgIpc) is 3.14. The predicted molar refractivity (Wildman–Crippen MR) is 112 cm³/mol. The number of rotatable bonds is 3. The van der Waals surface area contributed by atoms with Crippen LogP contribution in [0.1, 0.15) is 11.7 Å². The van der Waals surface area contributed by atoms with Gasteiger partial charge in [-0.3, -0.25) is 9.80 Å². The summed E-state index contributed by atoms with van der Waals surface area (Å²) in [5.74, 6) is 0. The van der Waals surface area contributed by atoms with Gasteiger partial charge in [0.25, 0.3) is 0 Å². The quantitative estimate of drug-likeness (QED) is 0.371. The second-order valence-corrected chi connectivity index (χ2v) is 7.24. The van der Waals surface area contributed by atoms with E-state index in [9.17, 15) is 17.3 Å². The first-order valence-corrected chi connectivity index (χ1v) is 9.69. The zero-order chi connectivity index (χ0) is 20.9. The van der Waals surface area contributed by atoms with Gasteiger partial charge in [0.05, 0.1) is 6.20 Å². The van der Waals surface area contributed by atoms with Gasteiger partial charge in [-0.15, -0.1) is 0 Å². The summed E-state index contributed by atoms with van der Waals surface area (Å²) in [6, 6.07) is 29.8. The molecule has 2 nitrogen and oxygen atoms in total. The summed E-state index contributed by atoms with van der Waals surface area (Å²) in [5, 5.41) is 0. The second kappa shape index (κ2) is 9.28. The zero-order valence-electron chi connectivity index (χ0n) is 15.2. The maximum Gasteiger partial charge on any atom is 0.673 e. The molecule has 1 aliphatic heterocycles. The summed E-state index contributed by atoms with van der Waals surface area (Å²) in [6.07, 6.45) is 4.60. The van der Waals surface area contributed by atoms with Crippen molar-refractivity contribution < 1.29 is 22.2 Å². The Balaban J connectivity index is 0.000000431. The largest absolute Gasteiger partial charge is 0.673 e. The molecule has 2 atom stereocenters. The van der Waals surface area contributed by atoms with E-state index in [0.29, 0.717) is 0 Å². The van der Waals surface area contributed by atoms with Crippen molar-refractivity contribution in [3.8, 4) is 0 Å². The van der Waals surface area contributed by atoms with Gasteiger partial charge in [0, 0.05) is 15.7 Å².